The number of benzene rings is 1. The maximum absolute atomic E-state index is 4.53. The molecular formula is C13H14N2. The van der Waals surface area contributed by atoms with Gasteiger partial charge in [-0.3, -0.25) is 4.98 Å². The monoisotopic (exact) mass is 198 g/mol. The third-order valence-corrected chi connectivity index (χ3v) is 3.09. The van der Waals surface area contributed by atoms with E-state index in [2.05, 4.69) is 40.6 Å². The zero-order chi connectivity index (χ0) is 10.1. The van der Waals surface area contributed by atoms with Crippen molar-refractivity contribution in [3.8, 4) is 0 Å². The number of hydrogen-bond donors (Lipinski definition) is 1. The summed E-state index contributed by atoms with van der Waals surface area (Å²) >= 11 is 0. The van der Waals surface area contributed by atoms with Gasteiger partial charge in [0, 0.05) is 11.6 Å². The first-order chi connectivity index (χ1) is 7.45. The maximum Gasteiger partial charge on any atom is 0.0651 e. The van der Waals surface area contributed by atoms with Crippen LogP contribution in [0.25, 0.3) is 10.8 Å². The molecule has 0 aliphatic carbocycles. The van der Waals surface area contributed by atoms with E-state index in [1.165, 1.54) is 29.3 Å². The summed E-state index contributed by atoms with van der Waals surface area (Å²) in [6.07, 6.45) is 4.38. The first-order valence-electron chi connectivity index (χ1n) is 5.52. The molecule has 1 saturated heterocycles. The highest BCUT2D eigenvalue weighted by molar-refractivity contribution is 5.84. The van der Waals surface area contributed by atoms with Gasteiger partial charge < -0.3 is 5.32 Å². The van der Waals surface area contributed by atoms with Crippen LogP contribution in [0.5, 0.6) is 0 Å². The third kappa shape index (κ3) is 1.51. The molecule has 2 aromatic rings. The van der Waals surface area contributed by atoms with Crippen LogP contribution in [-0.2, 0) is 0 Å². The first-order valence-corrected chi connectivity index (χ1v) is 5.52. The van der Waals surface area contributed by atoms with Crippen molar-refractivity contribution in [2.75, 3.05) is 6.54 Å². The highest BCUT2D eigenvalue weighted by Gasteiger charge is 2.18. The van der Waals surface area contributed by atoms with Crippen LogP contribution in [0.15, 0.2) is 36.5 Å². The highest BCUT2D eigenvalue weighted by Crippen LogP contribution is 2.27. The van der Waals surface area contributed by atoms with Gasteiger partial charge in [-0.1, -0.05) is 24.3 Å². The standard InChI is InChI=1S/C13H14N2/c1-2-5-11-10(4-1)7-9-15-13(11)12-6-3-8-14-12/h1-2,4-5,7,9,12,14H,3,6,8H2. The second-order valence-corrected chi connectivity index (χ2v) is 4.07. The minimum atomic E-state index is 0.455. The first kappa shape index (κ1) is 8.86. The predicted molar refractivity (Wildman–Crippen MR) is 61.7 cm³/mol. The Kier molecular flexibility index (Phi) is 2.14. The molecule has 1 unspecified atom stereocenters. The van der Waals surface area contributed by atoms with Gasteiger partial charge in [0.25, 0.3) is 0 Å². The van der Waals surface area contributed by atoms with Crippen LogP contribution in [0, 0.1) is 0 Å². The summed E-state index contributed by atoms with van der Waals surface area (Å²) in [5, 5.41) is 6.08. The van der Waals surface area contributed by atoms with E-state index in [4.69, 9.17) is 0 Å². The summed E-state index contributed by atoms with van der Waals surface area (Å²) in [4.78, 5) is 4.53. The molecule has 2 heteroatoms. The van der Waals surface area contributed by atoms with Crippen LogP contribution in [0.4, 0.5) is 0 Å². The van der Waals surface area contributed by atoms with E-state index >= 15 is 0 Å². The minimum absolute atomic E-state index is 0.455. The molecule has 0 bridgehead atoms. The molecule has 1 aromatic carbocycles. The van der Waals surface area contributed by atoms with E-state index in [-0.39, 0.29) is 0 Å². The van der Waals surface area contributed by atoms with E-state index in [9.17, 15) is 0 Å². The smallest absolute Gasteiger partial charge is 0.0651 e. The molecule has 15 heavy (non-hydrogen) atoms. The van der Waals surface area contributed by atoms with Gasteiger partial charge >= 0.3 is 0 Å². The number of fused-ring (bicyclic) bond motifs is 1. The highest BCUT2D eigenvalue weighted by atomic mass is 15.0. The normalized spacial score (nSPS) is 20.9. The second-order valence-electron chi connectivity index (χ2n) is 4.07. The van der Waals surface area contributed by atoms with Gasteiger partial charge in [-0.25, -0.2) is 0 Å². The molecule has 76 valence electrons. The lowest BCUT2D eigenvalue weighted by Gasteiger charge is -2.12. The topological polar surface area (TPSA) is 24.9 Å². The second kappa shape index (κ2) is 3.63. The average Bonchev–Trinajstić information content (AvgIpc) is 2.82. The summed E-state index contributed by atoms with van der Waals surface area (Å²) < 4.78 is 0. The summed E-state index contributed by atoms with van der Waals surface area (Å²) in [7, 11) is 0. The number of nitrogens with zero attached hydrogens (tertiary/aromatic N) is 1. The summed E-state index contributed by atoms with van der Waals surface area (Å²) in [5.41, 5.74) is 1.21. The molecule has 0 spiro atoms. The van der Waals surface area contributed by atoms with Gasteiger partial charge in [-0.05, 0) is 30.8 Å². The van der Waals surface area contributed by atoms with Gasteiger partial charge in [0.1, 0.15) is 0 Å². The van der Waals surface area contributed by atoms with Gasteiger partial charge in [0.05, 0.1) is 11.7 Å². The van der Waals surface area contributed by atoms with Crippen molar-refractivity contribution in [2.24, 2.45) is 0 Å². The molecule has 0 saturated carbocycles. The van der Waals surface area contributed by atoms with Crippen molar-refractivity contribution in [3.63, 3.8) is 0 Å². The maximum atomic E-state index is 4.53. The van der Waals surface area contributed by atoms with Crippen molar-refractivity contribution in [3.05, 3.63) is 42.2 Å². The van der Waals surface area contributed by atoms with Crippen LogP contribution >= 0.6 is 0 Å². The Labute approximate surface area is 89.3 Å². The SMILES string of the molecule is c1ccc2c(C3CCCN3)nccc2c1. The molecule has 3 rings (SSSR count). The molecule has 0 radical (unpaired) electrons. The summed E-state index contributed by atoms with van der Waals surface area (Å²) in [6.45, 7) is 1.12. The van der Waals surface area contributed by atoms with Crippen molar-refractivity contribution in [1.29, 1.82) is 0 Å². The van der Waals surface area contributed by atoms with Gasteiger partial charge in [0.2, 0.25) is 0 Å². The van der Waals surface area contributed by atoms with Gasteiger partial charge in [-0.2, -0.15) is 0 Å². The number of rotatable bonds is 1. The molecule has 1 N–H and O–H groups in total. The lowest BCUT2D eigenvalue weighted by molar-refractivity contribution is 0.634. The number of pyridine rings is 1. The fourth-order valence-corrected chi connectivity index (χ4v) is 2.34. The lowest BCUT2D eigenvalue weighted by Crippen LogP contribution is -2.14. The van der Waals surface area contributed by atoms with E-state index in [1.807, 2.05) is 6.20 Å². The summed E-state index contributed by atoms with van der Waals surface area (Å²) in [6, 6.07) is 11.0. The van der Waals surface area contributed by atoms with Gasteiger partial charge in [0.15, 0.2) is 0 Å². The van der Waals surface area contributed by atoms with Crippen LogP contribution in [0.1, 0.15) is 24.6 Å². The molecule has 1 atom stereocenters. The Morgan fingerprint density at radius 3 is 3.00 bits per heavy atom. The minimum Gasteiger partial charge on any atom is -0.309 e. The Morgan fingerprint density at radius 2 is 2.13 bits per heavy atom. The fraction of sp³-hybridized carbons (Fsp3) is 0.308. The summed E-state index contributed by atoms with van der Waals surface area (Å²) in [5.74, 6) is 0. The largest absolute Gasteiger partial charge is 0.309 e. The number of hydrogen-bond acceptors (Lipinski definition) is 2. The Morgan fingerprint density at radius 1 is 1.20 bits per heavy atom. The molecule has 0 amide bonds. The Balaban J connectivity index is 2.16. The van der Waals surface area contributed by atoms with E-state index in [0.29, 0.717) is 6.04 Å². The lowest BCUT2D eigenvalue weighted by atomic mass is 10.0. The predicted octanol–water partition coefficient (Wildman–Crippen LogP) is 2.66. The van der Waals surface area contributed by atoms with Crippen molar-refractivity contribution in [2.45, 2.75) is 18.9 Å². The third-order valence-electron chi connectivity index (χ3n) is 3.09. The molecular weight excluding hydrogens is 184 g/mol. The number of aromatic nitrogens is 1. The zero-order valence-electron chi connectivity index (χ0n) is 8.61. The van der Waals surface area contributed by atoms with Crippen molar-refractivity contribution >= 4 is 10.8 Å². The van der Waals surface area contributed by atoms with E-state index in [1.54, 1.807) is 0 Å². The zero-order valence-corrected chi connectivity index (χ0v) is 8.61. The van der Waals surface area contributed by atoms with Crippen LogP contribution in [-0.4, -0.2) is 11.5 Å². The van der Waals surface area contributed by atoms with Crippen LogP contribution in [0.2, 0.25) is 0 Å². The number of nitrogens with one attached hydrogen (secondary N) is 1. The van der Waals surface area contributed by atoms with E-state index < -0.39 is 0 Å². The molecule has 1 aliphatic rings. The molecule has 2 heterocycles. The quantitative estimate of drug-likeness (QED) is 0.762. The average molecular weight is 198 g/mol. The van der Waals surface area contributed by atoms with E-state index in [0.717, 1.165) is 6.54 Å². The van der Waals surface area contributed by atoms with Crippen LogP contribution < -0.4 is 5.32 Å². The Hall–Kier alpha value is -1.41. The molecule has 2 nitrogen and oxygen atoms in total. The van der Waals surface area contributed by atoms with Gasteiger partial charge in [-0.15, -0.1) is 0 Å². The molecule has 1 aromatic heterocycles. The van der Waals surface area contributed by atoms with Crippen molar-refractivity contribution in [1.82, 2.24) is 10.3 Å². The molecule has 1 aliphatic heterocycles. The Bertz CT molecular complexity index is 467. The molecule has 1 fully saturated rings. The van der Waals surface area contributed by atoms with Crippen LogP contribution in [0.3, 0.4) is 0 Å². The fourth-order valence-electron chi connectivity index (χ4n) is 2.34. The van der Waals surface area contributed by atoms with Crippen molar-refractivity contribution < 1.29 is 0 Å².